The first-order valence-corrected chi connectivity index (χ1v) is 14.4. The highest BCUT2D eigenvalue weighted by atomic mass is 16.5. The molecule has 14 nitrogen and oxygen atoms in total. The number of nitrogens with zero attached hydrogens (tertiary/aromatic N) is 9. The predicted octanol–water partition coefficient (Wildman–Crippen LogP) is 5.78. The summed E-state index contributed by atoms with van der Waals surface area (Å²) < 4.78 is 11.8. The molecule has 0 amide bonds. The molecule has 14 heteroatoms. The predicted molar refractivity (Wildman–Crippen MR) is 171 cm³/mol. The van der Waals surface area contributed by atoms with E-state index in [2.05, 4.69) is 55.3 Å². The van der Waals surface area contributed by atoms with Crippen LogP contribution >= 0.6 is 0 Å². The maximum absolute atomic E-state index is 9.92. The van der Waals surface area contributed by atoms with Gasteiger partial charge in [0, 0.05) is 52.4 Å². The Morgan fingerprint density at radius 1 is 0.911 bits per heavy atom. The first-order valence-electron chi connectivity index (χ1n) is 14.4. The molecule has 0 saturated carbocycles. The van der Waals surface area contributed by atoms with Crippen LogP contribution < -0.4 is 16.0 Å². The van der Waals surface area contributed by atoms with Crippen LogP contribution in [0.25, 0.3) is 5.69 Å². The molecular formula is C31H36N12O2. The van der Waals surface area contributed by atoms with Gasteiger partial charge < -0.3 is 25.4 Å². The highest BCUT2D eigenvalue weighted by Crippen LogP contribution is 2.36. The Balaban J connectivity index is 1.81. The van der Waals surface area contributed by atoms with Gasteiger partial charge in [0.05, 0.1) is 11.9 Å². The number of hydrogen-bond donors (Lipinski definition) is 3. The zero-order valence-electron chi connectivity index (χ0n) is 26.0. The highest BCUT2D eigenvalue weighted by molar-refractivity contribution is 5.77. The molecule has 0 aliphatic heterocycles. The van der Waals surface area contributed by atoms with Gasteiger partial charge in [0.25, 0.3) is 0 Å². The lowest BCUT2D eigenvalue weighted by Gasteiger charge is -2.17. The summed E-state index contributed by atoms with van der Waals surface area (Å²) in [7, 11) is 3.29. The first kappa shape index (κ1) is 32.5. The summed E-state index contributed by atoms with van der Waals surface area (Å²) in [5.41, 5.74) is 5.02. The molecule has 0 radical (unpaired) electrons. The molecule has 4 rings (SSSR count). The van der Waals surface area contributed by atoms with E-state index in [0.29, 0.717) is 68.1 Å². The van der Waals surface area contributed by atoms with Gasteiger partial charge in [-0.2, -0.15) is 20.5 Å². The van der Waals surface area contributed by atoms with Gasteiger partial charge in [-0.3, -0.25) is 4.98 Å². The van der Waals surface area contributed by atoms with Crippen molar-refractivity contribution in [1.82, 2.24) is 24.7 Å². The second-order valence-electron chi connectivity index (χ2n) is 10.1. The van der Waals surface area contributed by atoms with Crippen molar-refractivity contribution in [2.45, 2.75) is 33.6 Å². The number of methoxy groups -OCH3 is 2. The van der Waals surface area contributed by atoms with Gasteiger partial charge in [-0.25, -0.2) is 4.68 Å². The molecule has 3 aromatic heterocycles. The Labute approximate surface area is 262 Å². The minimum Gasteiger partial charge on any atom is -0.385 e. The van der Waals surface area contributed by atoms with Crippen LogP contribution in [0.1, 0.15) is 40.8 Å². The molecule has 0 aliphatic carbocycles. The van der Waals surface area contributed by atoms with Gasteiger partial charge >= 0.3 is 0 Å². The standard InChI is InChI=1S/C31H36N12O2/c1-20-15-21(2)26(22(3)16-20)37-31-38-29(35-11-7-13-44-4)27(30(39-31)36-12-8-14-45-5)40-41-28-24(17-32)25(18-33)43(42-28)23-9-6-10-34-19-23/h6,9-10,15-16,19H,7-8,11-14H2,1-5H3,(H3,35,36,37,38,39). The molecular weight excluding hydrogens is 572 g/mol. The van der Waals surface area contributed by atoms with Crippen molar-refractivity contribution >= 4 is 34.8 Å². The summed E-state index contributed by atoms with van der Waals surface area (Å²) in [6, 6.07) is 11.7. The summed E-state index contributed by atoms with van der Waals surface area (Å²) >= 11 is 0. The van der Waals surface area contributed by atoms with Crippen molar-refractivity contribution in [2.24, 2.45) is 10.2 Å². The van der Waals surface area contributed by atoms with E-state index in [0.717, 1.165) is 22.4 Å². The van der Waals surface area contributed by atoms with Crippen molar-refractivity contribution in [3.63, 3.8) is 0 Å². The third-order valence-electron chi connectivity index (χ3n) is 6.65. The number of hydrogen-bond acceptors (Lipinski definition) is 13. The molecule has 0 atom stereocenters. The minimum atomic E-state index is -0.0262. The number of pyridine rings is 1. The van der Waals surface area contributed by atoms with E-state index in [9.17, 15) is 10.5 Å². The van der Waals surface area contributed by atoms with Gasteiger partial charge in [0.2, 0.25) is 11.8 Å². The number of nitrogens with one attached hydrogen (secondary N) is 3. The molecule has 3 heterocycles. The SMILES string of the molecule is COCCCNc1nc(Nc2c(C)cc(C)cc2C)nc(NCCCOC)c1N=Nc1nn(-c2cccnc2)c(C#N)c1C#N. The lowest BCUT2D eigenvalue weighted by atomic mass is 10.1. The topological polar surface area (TPSA) is 183 Å². The summed E-state index contributed by atoms with van der Waals surface area (Å²) in [6.07, 6.45) is 4.57. The van der Waals surface area contributed by atoms with Crippen LogP contribution in [0.3, 0.4) is 0 Å². The molecule has 4 aromatic rings. The molecule has 0 unspecified atom stereocenters. The normalized spacial score (nSPS) is 10.9. The Morgan fingerprint density at radius 3 is 2.09 bits per heavy atom. The number of azo groups is 1. The van der Waals surface area contributed by atoms with Crippen molar-refractivity contribution in [3.05, 3.63) is 64.6 Å². The van der Waals surface area contributed by atoms with E-state index in [1.54, 1.807) is 32.5 Å². The van der Waals surface area contributed by atoms with Crippen molar-refractivity contribution in [3.8, 4) is 17.8 Å². The van der Waals surface area contributed by atoms with E-state index >= 15 is 0 Å². The largest absolute Gasteiger partial charge is 0.385 e. The number of rotatable bonds is 15. The number of nitriles is 2. The third kappa shape index (κ3) is 8.14. The molecule has 0 saturated heterocycles. The van der Waals surface area contributed by atoms with Gasteiger partial charge in [0.15, 0.2) is 23.0 Å². The molecule has 0 aliphatic rings. The Kier molecular flexibility index (Phi) is 11.4. The Bertz CT molecular complexity index is 1670. The van der Waals surface area contributed by atoms with Gasteiger partial charge in [-0.05, 0) is 56.9 Å². The third-order valence-corrected chi connectivity index (χ3v) is 6.65. The average molecular weight is 609 g/mol. The second-order valence-corrected chi connectivity index (χ2v) is 10.1. The Hall–Kier alpha value is -5.44. The fourth-order valence-electron chi connectivity index (χ4n) is 4.63. The van der Waals surface area contributed by atoms with Crippen LogP contribution in [0.15, 0.2) is 46.9 Å². The fourth-order valence-corrected chi connectivity index (χ4v) is 4.63. The van der Waals surface area contributed by atoms with Gasteiger partial charge in [-0.15, -0.1) is 15.3 Å². The maximum Gasteiger partial charge on any atom is 0.231 e. The van der Waals surface area contributed by atoms with Crippen molar-refractivity contribution in [2.75, 3.05) is 56.5 Å². The number of aromatic nitrogens is 5. The lowest BCUT2D eigenvalue weighted by Crippen LogP contribution is -2.12. The van der Waals surface area contributed by atoms with E-state index in [4.69, 9.17) is 19.4 Å². The summed E-state index contributed by atoms with van der Waals surface area (Å²) in [5.74, 6) is 1.16. The van der Waals surface area contributed by atoms with E-state index < -0.39 is 0 Å². The van der Waals surface area contributed by atoms with Crippen LogP contribution in [0.5, 0.6) is 0 Å². The van der Waals surface area contributed by atoms with Crippen molar-refractivity contribution in [1.29, 1.82) is 10.5 Å². The molecule has 45 heavy (non-hydrogen) atoms. The molecule has 0 bridgehead atoms. The van der Waals surface area contributed by atoms with Gasteiger partial charge in [-0.1, -0.05) is 17.7 Å². The minimum absolute atomic E-state index is 0.0150. The Morgan fingerprint density at radius 2 is 1.56 bits per heavy atom. The van der Waals surface area contributed by atoms with Crippen LogP contribution in [0.4, 0.5) is 34.8 Å². The number of anilines is 4. The molecule has 3 N–H and O–H groups in total. The number of aryl methyl sites for hydroxylation is 3. The summed E-state index contributed by atoms with van der Waals surface area (Å²) in [6.45, 7) is 8.31. The maximum atomic E-state index is 9.92. The smallest absolute Gasteiger partial charge is 0.231 e. The number of ether oxygens (including phenoxy) is 2. The molecule has 0 fully saturated rings. The van der Waals surface area contributed by atoms with Crippen LogP contribution in [0, 0.1) is 43.4 Å². The van der Waals surface area contributed by atoms with E-state index in [-0.39, 0.29) is 17.1 Å². The second kappa shape index (κ2) is 15.9. The monoisotopic (exact) mass is 608 g/mol. The summed E-state index contributed by atoms with van der Waals surface area (Å²) in [5, 5.41) is 43.0. The van der Waals surface area contributed by atoms with Crippen LogP contribution in [-0.4, -0.2) is 65.3 Å². The zero-order valence-corrected chi connectivity index (χ0v) is 26.0. The highest BCUT2D eigenvalue weighted by Gasteiger charge is 2.21. The lowest BCUT2D eigenvalue weighted by molar-refractivity contribution is 0.197. The van der Waals surface area contributed by atoms with Crippen LogP contribution in [0.2, 0.25) is 0 Å². The van der Waals surface area contributed by atoms with E-state index in [1.165, 1.54) is 10.9 Å². The number of benzene rings is 1. The average Bonchev–Trinajstić information content (AvgIpc) is 3.40. The zero-order chi connectivity index (χ0) is 32.2. The van der Waals surface area contributed by atoms with E-state index in [1.807, 2.05) is 26.0 Å². The molecule has 232 valence electrons. The molecule has 1 aromatic carbocycles. The first-order chi connectivity index (χ1) is 21.9. The van der Waals surface area contributed by atoms with Crippen molar-refractivity contribution < 1.29 is 9.47 Å². The fraction of sp³-hybridized carbons (Fsp3) is 0.355. The van der Waals surface area contributed by atoms with Crippen LogP contribution in [-0.2, 0) is 9.47 Å². The summed E-state index contributed by atoms with van der Waals surface area (Å²) in [4.78, 5) is 13.6. The quantitative estimate of drug-likeness (QED) is 0.110. The molecule has 0 spiro atoms. The van der Waals surface area contributed by atoms with Gasteiger partial charge in [0.1, 0.15) is 17.7 Å².